The second-order valence-corrected chi connectivity index (χ2v) is 5.44. The smallest absolute Gasteiger partial charge is 0.149 e. The van der Waals surface area contributed by atoms with Gasteiger partial charge in [0.2, 0.25) is 0 Å². The van der Waals surface area contributed by atoms with Crippen LogP contribution in [-0.2, 0) is 11.3 Å². The van der Waals surface area contributed by atoms with Gasteiger partial charge in [-0.2, -0.15) is 0 Å². The van der Waals surface area contributed by atoms with Crippen LogP contribution < -0.4 is 0 Å². The molecule has 1 heterocycles. The van der Waals surface area contributed by atoms with Crippen LogP contribution in [-0.4, -0.2) is 28.8 Å². The van der Waals surface area contributed by atoms with Crippen LogP contribution in [0.5, 0.6) is 0 Å². The van der Waals surface area contributed by atoms with Crippen molar-refractivity contribution in [2.75, 3.05) is 7.05 Å². The van der Waals surface area contributed by atoms with E-state index in [1.807, 2.05) is 19.5 Å². The Labute approximate surface area is 100 Å². The Bertz CT molecular complexity index is 375. The van der Waals surface area contributed by atoms with Gasteiger partial charge in [-0.15, -0.1) is 11.3 Å². The van der Waals surface area contributed by atoms with Crippen LogP contribution in [0.1, 0.15) is 36.3 Å². The number of ketones is 1. The molecule has 1 aliphatic rings. The molecule has 0 bridgehead atoms. The molecule has 1 atom stereocenters. The van der Waals surface area contributed by atoms with Gasteiger partial charge in [0.05, 0.1) is 17.2 Å². The van der Waals surface area contributed by atoms with Crippen LogP contribution in [0.4, 0.5) is 0 Å². The minimum atomic E-state index is 0.134. The molecule has 3 nitrogen and oxygen atoms in total. The fraction of sp³-hybridized carbons (Fsp3) is 0.667. The van der Waals surface area contributed by atoms with Crippen molar-refractivity contribution >= 4 is 17.1 Å². The molecule has 0 aliphatic heterocycles. The van der Waals surface area contributed by atoms with Gasteiger partial charge in [0, 0.05) is 17.8 Å². The van der Waals surface area contributed by atoms with E-state index in [9.17, 15) is 4.79 Å². The van der Waals surface area contributed by atoms with Crippen LogP contribution in [0, 0.1) is 6.92 Å². The molecule has 4 heteroatoms. The summed E-state index contributed by atoms with van der Waals surface area (Å²) in [6.45, 7) is 2.88. The number of carbonyl (C=O) groups is 1. The zero-order chi connectivity index (χ0) is 11.5. The predicted octanol–water partition coefficient (Wildman–Crippen LogP) is 2.40. The second kappa shape index (κ2) is 5.06. The maximum atomic E-state index is 11.8. The van der Waals surface area contributed by atoms with Crippen LogP contribution in [0.15, 0.2) is 5.51 Å². The first-order chi connectivity index (χ1) is 7.68. The molecule has 1 aromatic heterocycles. The van der Waals surface area contributed by atoms with Gasteiger partial charge in [-0.3, -0.25) is 9.69 Å². The Morgan fingerprint density at radius 1 is 1.56 bits per heavy atom. The van der Waals surface area contributed by atoms with Crippen molar-refractivity contribution < 1.29 is 4.79 Å². The average molecular weight is 238 g/mol. The van der Waals surface area contributed by atoms with E-state index in [-0.39, 0.29) is 6.04 Å². The molecule has 0 amide bonds. The van der Waals surface area contributed by atoms with E-state index in [0.717, 1.165) is 31.5 Å². The highest BCUT2D eigenvalue weighted by atomic mass is 32.1. The molecule has 1 aliphatic carbocycles. The molecule has 1 unspecified atom stereocenters. The van der Waals surface area contributed by atoms with Crippen LogP contribution >= 0.6 is 11.3 Å². The lowest BCUT2D eigenvalue weighted by molar-refractivity contribution is -0.125. The van der Waals surface area contributed by atoms with E-state index in [2.05, 4.69) is 9.88 Å². The van der Waals surface area contributed by atoms with Crippen molar-refractivity contribution in [3.63, 3.8) is 0 Å². The zero-order valence-electron chi connectivity index (χ0n) is 9.90. The highest BCUT2D eigenvalue weighted by molar-refractivity contribution is 7.09. The van der Waals surface area contributed by atoms with Gasteiger partial charge in [0.25, 0.3) is 0 Å². The molecule has 0 saturated heterocycles. The van der Waals surface area contributed by atoms with Crippen molar-refractivity contribution in [2.45, 2.75) is 45.2 Å². The Balaban J connectivity index is 1.99. The van der Waals surface area contributed by atoms with Crippen molar-refractivity contribution in [3.05, 3.63) is 16.1 Å². The number of nitrogens with zero attached hydrogens (tertiary/aromatic N) is 2. The van der Waals surface area contributed by atoms with E-state index < -0.39 is 0 Å². The monoisotopic (exact) mass is 238 g/mol. The Morgan fingerprint density at radius 2 is 2.38 bits per heavy atom. The first-order valence-corrected chi connectivity index (χ1v) is 6.68. The Hall–Kier alpha value is -0.740. The van der Waals surface area contributed by atoms with Crippen LogP contribution in [0.3, 0.4) is 0 Å². The third-order valence-corrected chi connectivity index (χ3v) is 4.21. The van der Waals surface area contributed by atoms with Crippen molar-refractivity contribution in [3.8, 4) is 0 Å². The number of rotatable bonds is 3. The quantitative estimate of drug-likeness (QED) is 0.810. The number of thiazole rings is 1. The van der Waals surface area contributed by atoms with Crippen molar-refractivity contribution in [1.82, 2.24) is 9.88 Å². The highest BCUT2D eigenvalue weighted by Gasteiger charge is 2.26. The molecule has 16 heavy (non-hydrogen) atoms. The van der Waals surface area contributed by atoms with Gasteiger partial charge < -0.3 is 0 Å². The van der Waals surface area contributed by atoms with E-state index in [1.165, 1.54) is 11.3 Å². The van der Waals surface area contributed by atoms with Crippen LogP contribution in [0.2, 0.25) is 0 Å². The number of aromatic nitrogens is 1. The number of aryl methyl sites for hydroxylation is 1. The zero-order valence-corrected chi connectivity index (χ0v) is 10.7. The molecule has 0 radical (unpaired) electrons. The van der Waals surface area contributed by atoms with E-state index in [1.54, 1.807) is 11.3 Å². The highest BCUT2D eigenvalue weighted by Crippen LogP contribution is 2.22. The topological polar surface area (TPSA) is 33.2 Å². The van der Waals surface area contributed by atoms with Crippen molar-refractivity contribution in [1.29, 1.82) is 0 Å². The molecule has 1 saturated carbocycles. The summed E-state index contributed by atoms with van der Waals surface area (Å²) < 4.78 is 0. The summed E-state index contributed by atoms with van der Waals surface area (Å²) in [7, 11) is 2.05. The first-order valence-electron chi connectivity index (χ1n) is 5.80. The number of carbonyl (C=O) groups excluding carboxylic acids is 1. The van der Waals surface area contributed by atoms with E-state index >= 15 is 0 Å². The predicted molar refractivity (Wildman–Crippen MR) is 65.6 cm³/mol. The second-order valence-electron chi connectivity index (χ2n) is 4.50. The van der Waals surface area contributed by atoms with Crippen LogP contribution in [0.25, 0.3) is 0 Å². The van der Waals surface area contributed by atoms with Gasteiger partial charge in [-0.05, 0) is 26.8 Å². The standard InChI is InChI=1S/C12H18N2OS/c1-9-12(16-8-13-9)7-14(2)10-5-3-4-6-11(10)15/h8,10H,3-7H2,1-2H3. The largest absolute Gasteiger partial charge is 0.298 e. The molecule has 0 N–H and O–H groups in total. The fourth-order valence-electron chi connectivity index (χ4n) is 2.25. The summed E-state index contributed by atoms with van der Waals surface area (Å²) in [4.78, 5) is 19.5. The number of Topliss-reactive ketones (excluding diaryl/α,β-unsaturated/α-hetero) is 1. The minimum absolute atomic E-state index is 0.134. The summed E-state index contributed by atoms with van der Waals surface area (Å²) in [6, 6.07) is 0.134. The lowest BCUT2D eigenvalue weighted by Gasteiger charge is -2.29. The number of hydrogen-bond acceptors (Lipinski definition) is 4. The molecule has 0 aromatic carbocycles. The number of hydrogen-bond donors (Lipinski definition) is 0. The van der Waals surface area contributed by atoms with E-state index in [0.29, 0.717) is 5.78 Å². The SMILES string of the molecule is Cc1ncsc1CN(C)C1CCCCC1=O. The molecule has 1 fully saturated rings. The first kappa shape index (κ1) is 11.7. The van der Waals surface area contributed by atoms with Gasteiger partial charge in [0.15, 0.2) is 0 Å². The summed E-state index contributed by atoms with van der Waals surface area (Å²) >= 11 is 1.68. The minimum Gasteiger partial charge on any atom is -0.298 e. The average Bonchev–Trinajstić information content (AvgIpc) is 2.65. The Morgan fingerprint density at radius 3 is 3.00 bits per heavy atom. The summed E-state index contributed by atoms with van der Waals surface area (Å²) in [5.74, 6) is 0.413. The third kappa shape index (κ3) is 2.50. The molecule has 1 aromatic rings. The van der Waals surface area contributed by atoms with Crippen molar-refractivity contribution in [2.24, 2.45) is 0 Å². The van der Waals surface area contributed by atoms with E-state index in [4.69, 9.17) is 0 Å². The molecular weight excluding hydrogens is 220 g/mol. The third-order valence-electron chi connectivity index (χ3n) is 3.29. The maximum Gasteiger partial charge on any atom is 0.149 e. The van der Waals surface area contributed by atoms with Gasteiger partial charge in [-0.25, -0.2) is 4.98 Å². The summed E-state index contributed by atoms with van der Waals surface area (Å²) in [5.41, 5.74) is 2.97. The van der Waals surface area contributed by atoms with Gasteiger partial charge in [-0.1, -0.05) is 6.42 Å². The summed E-state index contributed by atoms with van der Waals surface area (Å²) in [5, 5.41) is 0. The van der Waals surface area contributed by atoms with Gasteiger partial charge >= 0.3 is 0 Å². The number of likely N-dealkylation sites (N-methyl/N-ethyl adjacent to an activating group) is 1. The Kier molecular flexibility index (Phi) is 3.71. The molecular formula is C12H18N2OS. The lowest BCUT2D eigenvalue weighted by atomic mass is 9.93. The summed E-state index contributed by atoms with van der Waals surface area (Å²) in [6.07, 6.45) is 4.04. The normalized spacial score (nSPS) is 21.7. The fourth-order valence-corrected chi connectivity index (χ4v) is 3.08. The maximum absolute atomic E-state index is 11.8. The molecule has 88 valence electrons. The lowest BCUT2D eigenvalue weighted by Crippen LogP contribution is -2.39. The molecule has 0 spiro atoms. The molecule has 2 rings (SSSR count). The van der Waals surface area contributed by atoms with Gasteiger partial charge in [0.1, 0.15) is 5.78 Å².